The highest BCUT2D eigenvalue weighted by Crippen LogP contribution is 2.03. The monoisotopic (exact) mass is 151 g/mol. The van der Waals surface area contributed by atoms with E-state index in [2.05, 4.69) is 0 Å². The number of carbonyl (C=O) groups is 1. The molecule has 3 N–H and O–H groups in total. The van der Waals surface area contributed by atoms with Gasteiger partial charge < -0.3 is 10.8 Å². The van der Waals surface area contributed by atoms with Crippen LogP contribution in [-0.4, -0.2) is 23.0 Å². The molecule has 0 saturated heterocycles. The number of aliphatic carboxylic acids is 1. The first-order valence-corrected chi connectivity index (χ1v) is 3.19. The predicted molar refractivity (Wildman–Crippen MR) is 35.6 cm³/mol. The number of carboxylic acids is 1. The molecule has 0 rings (SSSR count). The van der Waals surface area contributed by atoms with Crippen molar-refractivity contribution in [3.63, 3.8) is 0 Å². The van der Waals surface area contributed by atoms with Crippen LogP contribution in [-0.2, 0) is 4.79 Å². The summed E-state index contributed by atoms with van der Waals surface area (Å²) in [5.74, 6) is -0.967. The Balaban J connectivity index is 3.27. The number of nitrogens with two attached hydrogens (primary N) is 1. The Bertz CT molecular complexity index is 97.0. The lowest BCUT2D eigenvalue weighted by molar-refractivity contribution is -0.136. The van der Waals surface area contributed by atoms with Crippen LogP contribution in [0.1, 0.15) is 12.8 Å². The highest BCUT2D eigenvalue weighted by atomic mass is 35.5. The molecule has 0 aromatic rings. The second-order valence-electron chi connectivity index (χ2n) is 1.74. The third-order valence-electron chi connectivity index (χ3n) is 0.930. The van der Waals surface area contributed by atoms with Crippen molar-refractivity contribution in [2.75, 3.05) is 6.54 Å². The van der Waals surface area contributed by atoms with E-state index in [1.807, 2.05) is 0 Å². The molecule has 9 heavy (non-hydrogen) atoms. The Morgan fingerprint density at radius 2 is 2.33 bits per heavy atom. The molecule has 0 saturated carbocycles. The first-order chi connectivity index (χ1) is 4.18. The van der Waals surface area contributed by atoms with Crippen molar-refractivity contribution >= 4 is 17.6 Å². The quantitative estimate of drug-likeness (QED) is 0.573. The molecule has 0 aromatic carbocycles. The highest BCUT2D eigenvalue weighted by Gasteiger charge is 2.11. The third kappa shape index (κ3) is 4.24. The summed E-state index contributed by atoms with van der Waals surface area (Å²) in [5, 5.41) is 7.47. The number of hydrogen-bond acceptors (Lipinski definition) is 2. The van der Waals surface area contributed by atoms with E-state index >= 15 is 0 Å². The van der Waals surface area contributed by atoms with Crippen molar-refractivity contribution in [1.29, 1.82) is 0 Å². The zero-order chi connectivity index (χ0) is 7.28. The van der Waals surface area contributed by atoms with Gasteiger partial charge in [-0.05, 0) is 19.4 Å². The van der Waals surface area contributed by atoms with Gasteiger partial charge in [0, 0.05) is 0 Å². The van der Waals surface area contributed by atoms with Crippen molar-refractivity contribution in [3.05, 3.63) is 0 Å². The van der Waals surface area contributed by atoms with Crippen molar-refractivity contribution in [2.45, 2.75) is 18.2 Å². The van der Waals surface area contributed by atoms with Crippen LogP contribution in [0.15, 0.2) is 0 Å². The van der Waals surface area contributed by atoms with E-state index in [-0.39, 0.29) is 0 Å². The van der Waals surface area contributed by atoms with Gasteiger partial charge in [0.25, 0.3) is 0 Å². The zero-order valence-electron chi connectivity index (χ0n) is 5.01. The van der Waals surface area contributed by atoms with Gasteiger partial charge in [0.1, 0.15) is 5.38 Å². The molecule has 0 aromatic heterocycles. The van der Waals surface area contributed by atoms with Crippen molar-refractivity contribution < 1.29 is 9.90 Å². The smallest absolute Gasteiger partial charge is 0.321 e. The normalized spacial score (nSPS) is 13.1. The molecule has 0 fully saturated rings. The van der Waals surface area contributed by atoms with E-state index in [0.717, 1.165) is 0 Å². The largest absolute Gasteiger partial charge is 0.480 e. The van der Waals surface area contributed by atoms with Crippen LogP contribution in [0.4, 0.5) is 0 Å². The van der Waals surface area contributed by atoms with E-state index < -0.39 is 11.3 Å². The minimum atomic E-state index is -0.967. The molecule has 3 nitrogen and oxygen atoms in total. The van der Waals surface area contributed by atoms with Crippen LogP contribution in [0.5, 0.6) is 0 Å². The van der Waals surface area contributed by atoms with Gasteiger partial charge >= 0.3 is 5.97 Å². The number of alkyl halides is 1. The Morgan fingerprint density at radius 3 is 2.67 bits per heavy atom. The fourth-order valence-corrected chi connectivity index (χ4v) is 0.575. The number of hydrogen-bond donors (Lipinski definition) is 2. The minimum absolute atomic E-state index is 0.452. The Labute approximate surface area is 58.8 Å². The van der Waals surface area contributed by atoms with Gasteiger partial charge in [-0.1, -0.05) is 0 Å². The zero-order valence-corrected chi connectivity index (χ0v) is 5.77. The second-order valence-corrected chi connectivity index (χ2v) is 2.26. The van der Waals surface area contributed by atoms with E-state index in [0.29, 0.717) is 19.4 Å². The fourth-order valence-electron chi connectivity index (χ4n) is 0.421. The van der Waals surface area contributed by atoms with E-state index in [9.17, 15) is 4.79 Å². The lowest BCUT2D eigenvalue weighted by atomic mass is 10.2. The third-order valence-corrected chi connectivity index (χ3v) is 1.33. The van der Waals surface area contributed by atoms with Crippen molar-refractivity contribution in [3.8, 4) is 0 Å². The molecule has 0 bridgehead atoms. The summed E-state index contributed by atoms with van der Waals surface area (Å²) in [5.41, 5.74) is 5.13. The average molecular weight is 152 g/mol. The molecular weight excluding hydrogens is 142 g/mol. The first kappa shape index (κ1) is 8.72. The minimum Gasteiger partial charge on any atom is -0.480 e. The summed E-state index contributed by atoms with van der Waals surface area (Å²) in [6.07, 6.45) is 1.12. The van der Waals surface area contributed by atoms with Crippen molar-refractivity contribution in [2.24, 2.45) is 5.73 Å². The molecule has 0 aliphatic rings. The van der Waals surface area contributed by atoms with Gasteiger partial charge in [0.2, 0.25) is 0 Å². The van der Waals surface area contributed by atoms with Gasteiger partial charge in [-0.25, -0.2) is 0 Å². The lowest BCUT2D eigenvalue weighted by Crippen LogP contribution is -2.14. The first-order valence-electron chi connectivity index (χ1n) is 2.75. The maximum Gasteiger partial charge on any atom is 0.321 e. The summed E-state index contributed by atoms with van der Waals surface area (Å²) < 4.78 is 0. The maximum atomic E-state index is 10.0. The van der Waals surface area contributed by atoms with Crippen LogP contribution in [0.25, 0.3) is 0 Å². The molecule has 0 aliphatic carbocycles. The molecular formula is C5H10ClNO2. The summed E-state index contributed by atoms with van der Waals surface area (Å²) >= 11 is 5.34. The molecule has 0 spiro atoms. The predicted octanol–water partition coefficient (Wildman–Crippen LogP) is 0.417. The molecule has 1 atom stereocenters. The average Bonchev–Trinajstić information content (AvgIpc) is 1.82. The Morgan fingerprint density at radius 1 is 1.78 bits per heavy atom. The summed E-state index contributed by atoms with van der Waals surface area (Å²) in [6, 6.07) is 0. The molecule has 0 aliphatic heterocycles. The van der Waals surface area contributed by atoms with E-state index in [1.165, 1.54) is 0 Å². The Kier molecular flexibility index (Phi) is 4.44. The van der Waals surface area contributed by atoms with Crippen molar-refractivity contribution in [1.82, 2.24) is 0 Å². The van der Waals surface area contributed by atoms with E-state index in [4.69, 9.17) is 22.4 Å². The van der Waals surface area contributed by atoms with E-state index in [1.54, 1.807) is 0 Å². The van der Waals surface area contributed by atoms with Crippen LogP contribution in [0.2, 0.25) is 0 Å². The number of carboxylic acid groups (broad SMARTS) is 1. The highest BCUT2D eigenvalue weighted by molar-refractivity contribution is 6.29. The molecule has 4 heteroatoms. The Hall–Kier alpha value is -0.280. The summed E-state index contributed by atoms with van der Waals surface area (Å²) in [7, 11) is 0. The number of halogens is 1. The van der Waals surface area contributed by atoms with Gasteiger partial charge in [0.05, 0.1) is 0 Å². The van der Waals surface area contributed by atoms with Crippen LogP contribution in [0.3, 0.4) is 0 Å². The summed E-state index contributed by atoms with van der Waals surface area (Å²) in [6.45, 7) is 0.497. The standard InChI is InChI=1S/C5H10ClNO2/c6-4(5(8)9)2-1-3-7/h4H,1-3,7H2,(H,8,9). The van der Waals surface area contributed by atoms with Gasteiger partial charge in [-0.15, -0.1) is 11.6 Å². The van der Waals surface area contributed by atoms with Gasteiger partial charge in [-0.3, -0.25) is 4.79 Å². The maximum absolute atomic E-state index is 10.0. The molecule has 1 unspecified atom stereocenters. The van der Waals surface area contributed by atoms with Crippen LogP contribution < -0.4 is 5.73 Å². The van der Waals surface area contributed by atoms with Gasteiger partial charge in [0.15, 0.2) is 0 Å². The van der Waals surface area contributed by atoms with Crippen LogP contribution >= 0.6 is 11.6 Å². The number of rotatable bonds is 4. The van der Waals surface area contributed by atoms with Crippen LogP contribution in [0, 0.1) is 0 Å². The lowest BCUT2D eigenvalue weighted by Gasteiger charge is -1.99. The second kappa shape index (κ2) is 4.58. The SMILES string of the molecule is NCCCC(Cl)C(=O)O. The summed E-state index contributed by atoms with van der Waals surface area (Å²) in [4.78, 5) is 10.0. The fraction of sp³-hybridized carbons (Fsp3) is 0.800. The molecule has 0 amide bonds. The topological polar surface area (TPSA) is 63.3 Å². The molecule has 54 valence electrons. The molecule has 0 radical (unpaired) electrons. The van der Waals surface area contributed by atoms with Gasteiger partial charge in [-0.2, -0.15) is 0 Å². The molecule has 0 heterocycles.